The van der Waals surface area contributed by atoms with Gasteiger partial charge in [0, 0.05) is 36.5 Å². The molecule has 0 fully saturated rings. The normalized spacial score (nSPS) is 14.4. The number of ketones is 1. The number of hydrogen-bond donors (Lipinski definition) is 0. The van der Waals surface area contributed by atoms with E-state index in [4.69, 9.17) is 4.74 Å². The Morgan fingerprint density at radius 1 is 0.867 bits per heavy atom. The maximum atomic E-state index is 12.5. The van der Waals surface area contributed by atoms with Gasteiger partial charge in [-0.05, 0) is 35.9 Å². The van der Waals surface area contributed by atoms with Gasteiger partial charge in [0.15, 0.2) is 11.5 Å². The highest BCUT2D eigenvalue weighted by atomic mass is 16.6. The van der Waals surface area contributed by atoms with Crippen LogP contribution >= 0.6 is 0 Å². The molecule has 1 aliphatic heterocycles. The van der Waals surface area contributed by atoms with E-state index in [0.717, 1.165) is 11.3 Å². The van der Waals surface area contributed by atoms with E-state index in [0.29, 0.717) is 16.7 Å². The molecule has 4 rings (SSSR count). The first-order valence-electron chi connectivity index (χ1n) is 9.51. The summed E-state index contributed by atoms with van der Waals surface area (Å²) >= 11 is 0. The van der Waals surface area contributed by atoms with Gasteiger partial charge in [0.05, 0.1) is 0 Å². The van der Waals surface area contributed by atoms with Crippen molar-refractivity contribution in [1.29, 1.82) is 0 Å². The van der Waals surface area contributed by atoms with Gasteiger partial charge in [-0.25, -0.2) is 9.79 Å². The average Bonchev–Trinajstić information content (AvgIpc) is 3.14. The smallest absolute Gasteiger partial charge is 0.363 e. The van der Waals surface area contributed by atoms with Crippen molar-refractivity contribution in [2.45, 2.75) is 0 Å². The fourth-order valence-electron chi connectivity index (χ4n) is 3.08. The van der Waals surface area contributed by atoms with Gasteiger partial charge in [-0.3, -0.25) is 4.79 Å². The molecule has 5 nitrogen and oxygen atoms in total. The Bertz CT molecular complexity index is 1140. The zero-order valence-corrected chi connectivity index (χ0v) is 16.7. The maximum Gasteiger partial charge on any atom is 0.363 e. The molecule has 5 heteroatoms. The second-order valence-electron chi connectivity index (χ2n) is 7.09. The highest BCUT2D eigenvalue weighted by Gasteiger charge is 2.24. The predicted octanol–water partition coefficient (Wildman–Crippen LogP) is 4.33. The van der Waals surface area contributed by atoms with E-state index in [1.165, 1.54) is 0 Å². The molecule has 0 aromatic heterocycles. The Hall–Kier alpha value is -3.99. The van der Waals surface area contributed by atoms with E-state index in [2.05, 4.69) is 4.99 Å². The first-order valence-corrected chi connectivity index (χ1v) is 9.51. The van der Waals surface area contributed by atoms with E-state index >= 15 is 0 Å². The Kier molecular flexibility index (Phi) is 5.26. The third kappa shape index (κ3) is 4.05. The summed E-state index contributed by atoms with van der Waals surface area (Å²) in [6.45, 7) is 0. The number of carbonyl (C=O) groups excluding carboxylic acids is 2. The number of anilines is 1. The third-order valence-corrected chi connectivity index (χ3v) is 4.76. The van der Waals surface area contributed by atoms with Crippen molar-refractivity contribution in [2.75, 3.05) is 19.0 Å². The fourth-order valence-corrected chi connectivity index (χ4v) is 3.08. The summed E-state index contributed by atoms with van der Waals surface area (Å²) in [7, 11) is 3.94. The second-order valence-corrected chi connectivity index (χ2v) is 7.09. The summed E-state index contributed by atoms with van der Waals surface area (Å²) in [5.74, 6) is -0.324. The highest BCUT2D eigenvalue weighted by Crippen LogP contribution is 2.21. The summed E-state index contributed by atoms with van der Waals surface area (Å²) in [6, 6.07) is 23.8. The van der Waals surface area contributed by atoms with Crippen LogP contribution in [0.2, 0.25) is 0 Å². The molecule has 30 heavy (non-hydrogen) atoms. The minimum atomic E-state index is -0.494. The maximum absolute atomic E-state index is 12.5. The van der Waals surface area contributed by atoms with Crippen LogP contribution in [0, 0.1) is 0 Å². The van der Waals surface area contributed by atoms with Crippen LogP contribution in [0.15, 0.2) is 89.6 Å². The van der Waals surface area contributed by atoms with Gasteiger partial charge >= 0.3 is 5.97 Å². The number of aliphatic imine (C=N–C) groups is 1. The minimum Gasteiger partial charge on any atom is -0.402 e. The Morgan fingerprint density at radius 3 is 2.13 bits per heavy atom. The summed E-state index contributed by atoms with van der Waals surface area (Å²) in [4.78, 5) is 31.1. The summed E-state index contributed by atoms with van der Waals surface area (Å²) in [5.41, 5.74) is 4.00. The number of rotatable bonds is 5. The quantitative estimate of drug-likeness (QED) is 0.366. The molecule has 0 radical (unpaired) electrons. The molecule has 0 unspecified atom stereocenters. The molecular weight excluding hydrogens is 376 g/mol. The largest absolute Gasteiger partial charge is 0.402 e. The molecule has 3 aromatic carbocycles. The van der Waals surface area contributed by atoms with E-state index in [-0.39, 0.29) is 17.4 Å². The van der Waals surface area contributed by atoms with Crippen LogP contribution < -0.4 is 4.90 Å². The molecule has 148 valence electrons. The highest BCUT2D eigenvalue weighted by molar-refractivity contribution is 6.13. The molecule has 0 spiro atoms. The van der Waals surface area contributed by atoms with E-state index in [1.54, 1.807) is 42.5 Å². The summed E-state index contributed by atoms with van der Waals surface area (Å²) in [5, 5.41) is 0. The van der Waals surface area contributed by atoms with Crippen LogP contribution in [0.5, 0.6) is 0 Å². The second kappa shape index (κ2) is 8.17. The van der Waals surface area contributed by atoms with Gasteiger partial charge in [0.2, 0.25) is 5.90 Å². The van der Waals surface area contributed by atoms with Gasteiger partial charge in [0.1, 0.15) is 0 Å². The lowest BCUT2D eigenvalue weighted by molar-refractivity contribution is -0.129. The van der Waals surface area contributed by atoms with Crippen molar-refractivity contribution in [3.63, 3.8) is 0 Å². The Balaban J connectivity index is 1.54. The molecule has 0 saturated carbocycles. The van der Waals surface area contributed by atoms with Crippen molar-refractivity contribution in [3.05, 3.63) is 107 Å². The molecular formula is C25H20N2O3. The standard InChI is InChI=1S/C25H20N2O3/c1-27(2)21-14-8-17(9-15-21)16-22-25(29)30-24(26-22)20-12-10-19(11-13-20)23(28)18-6-4-3-5-7-18/h3-16H,1-2H3/b22-16-. The van der Waals surface area contributed by atoms with E-state index < -0.39 is 5.97 Å². The first kappa shape index (κ1) is 19.3. The number of benzene rings is 3. The van der Waals surface area contributed by atoms with Gasteiger partial charge in [-0.2, -0.15) is 0 Å². The van der Waals surface area contributed by atoms with Crippen molar-refractivity contribution in [2.24, 2.45) is 4.99 Å². The molecule has 0 N–H and O–H groups in total. The Morgan fingerprint density at radius 2 is 1.50 bits per heavy atom. The molecule has 0 bridgehead atoms. The molecule has 0 amide bonds. The number of ether oxygens (including phenoxy) is 1. The zero-order chi connectivity index (χ0) is 21.1. The van der Waals surface area contributed by atoms with Gasteiger partial charge in [0.25, 0.3) is 0 Å². The van der Waals surface area contributed by atoms with Gasteiger partial charge in [-0.15, -0.1) is 0 Å². The van der Waals surface area contributed by atoms with Crippen molar-refractivity contribution >= 4 is 29.4 Å². The zero-order valence-electron chi connectivity index (χ0n) is 16.7. The molecule has 1 heterocycles. The number of carbonyl (C=O) groups is 2. The predicted molar refractivity (Wildman–Crippen MR) is 118 cm³/mol. The topological polar surface area (TPSA) is 59.0 Å². The third-order valence-electron chi connectivity index (χ3n) is 4.76. The van der Waals surface area contributed by atoms with Crippen LogP contribution in [-0.2, 0) is 9.53 Å². The van der Waals surface area contributed by atoms with Gasteiger partial charge in [-0.1, -0.05) is 54.6 Å². The summed E-state index contributed by atoms with van der Waals surface area (Å²) in [6.07, 6.45) is 1.70. The van der Waals surface area contributed by atoms with Crippen molar-refractivity contribution in [3.8, 4) is 0 Å². The first-order chi connectivity index (χ1) is 14.5. The fraction of sp³-hybridized carbons (Fsp3) is 0.0800. The lowest BCUT2D eigenvalue weighted by Crippen LogP contribution is -2.08. The monoisotopic (exact) mass is 396 g/mol. The number of cyclic esters (lactones) is 1. The molecule has 0 saturated heterocycles. The molecule has 0 atom stereocenters. The number of esters is 1. The van der Waals surface area contributed by atoms with E-state index in [1.807, 2.05) is 61.5 Å². The molecule has 3 aromatic rings. The van der Waals surface area contributed by atoms with Gasteiger partial charge < -0.3 is 9.64 Å². The number of nitrogens with zero attached hydrogens (tertiary/aromatic N) is 2. The van der Waals surface area contributed by atoms with Crippen LogP contribution in [0.3, 0.4) is 0 Å². The SMILES string of the molecule is CN(C)c1ccc(/C=C2\N=C(c3ccc(C(=O)c4ccccc4)cc3)OC2=O)cc1. The van der Waals surface area contributed by atoms with Crippen LogP contribution in [0.1, 0.15) is 27.0 Å². The average molecular weight is 396 g/mol. The van der Waals surface area contributed by atoms with Crippen LogP contribution in [0.25, 0.3) is 6.08 Å². The van der Waals surface area contributed by atoms with Crippen LogP contribution in [0.4, 0.5) is 5.69 Å². The number of hydrogen-bond acceptors (Lipinski definition) is 5. The van der Waals surface area contributed by atoms with E-state index in [9.17, 15) is 9.59 Å². The lowest BCUT2D eigenvalue weighted by atomic mass is 10.0. The van der Waals surface area contributed by atoms with Crippen molar-refractivity contribution in [1.82, 2.24) is 0 Å². The van der Waals surface area contributed by atoms with Crippen molar-refractivity contribution < 1.29 is 14.3 Å². The Labute approximate surface area is 174 Å². The molecule has 0 aliphatic carbocycles. The lowest BCUT2D eigenvalue weighted by Gasteiger charge is -2.11. The summed E-state index contributed by atoms with van der Waals surface area (Å²) < 4.78 is 5.33. The van der Waals surface area contributed by atoms with Crippen LogP contribution in [-0.4, -0.2) is 31.7 Å². The molecule has 1 aliphatic rings. The minimum absolute atomic E-state index is 0.0609.